The molecule has 0 amide bonds. The van der Waals surface area contributed by atoms with Gasteiger partial charge in [-0.2, -0.15) is 0 Å². The van der Waals surface area contributed by atoms with Crippen molar-refractivity contribution in [3.8, 4) is 12.3 Å². The Morgan fingerprint density at radius 2 is 1.78 bits per heavy atom. The molecule has 0 fully saturated rings. The van der Waals surface area contributed by atoms with Crippen LogP contribution in [0.1, 0.15) is 13.8 Å². The molecule has 2 heteroatoms. The molecule has 0 aliphatic carbocycles. The number of aliphatic hydroxyl groups excluding tert-OH is 1. The summed E-state index contributed by atoms with van der Waals surface area (Å²) >= 11 is 0. The fourth-order valence-corrected chi connectivity index (χ4v) is 0.204. The van der Waals surface area contributed by atoms with Crippen molar-refractivity contribution in [3.63, 3.8) is 0 Å². The number of hydrogen-bond acceptors (Lipinski definition) is 2. The Morgan fingerprint density at radius 3 is 1.78 bits per heavy atom. The monoisotopic (exact) mass is 130 g/mol. The van der Waals surface area contributed by atoms with Crippen LogP contribution in [0.15, 0.2) is 0 Å². The van der Waals surface area contributed by atoms with Crippen LogP contribution in [-0.4, -0.2) is 24.9 Å². The summed E-state index contributed by atoms with van der Waals surface area (Å²) in [5.41, 5.74) is 0. The molecule has 0 aromatic carbocycles. The minimum Gasteiger partial charge on any atom is -0.384 e. The molecule has 0 saturated heterocycles. The van der Waals surface area contributed by atoms with Crippen LogP contribution in [0.3, 0.4) is 0 Å². The van der Waals surface area contributed by atoms with Gasteiger partial charge in [0.05, 0.1) is 0 Å². The van der Waals surface area contributed by atoms with Gasteiger partial charge in [-0.1, -0.05) is 5.92 Å². The zero-order valence-corrected chi connectivity index (χ0v) is 6.05. The van der Waals surface area contributed by atoms with Crippen molar-refractivity contribution in [2.45, 2.75) is 13.8 Å². The highest BCUT2D eigenvalue weighted by Crippen LogP contribution is 1.64. The van der Waals surface area contributed by atoms with Gasteiger partial charge in [-0.25, -0.2) is 0 Å². The first-order chi connectivity index (χ1) is 4.33. The quantitative estimate of drug-likeness (QED) is 0.556. The van der Waals surface area contributed by atoms with Crippen LogP contribution in [0.25, 0.3) is 0 Å². The lowest BCUT2D eigenvalue weighted by molar-refractivity contribution is 0.162. The second-order valence-electron chi connectivity index (χ2n) is 1.14. The molecule has 0 atom stereocenters. The lowest BCUT2D eigenvalue weighted by Crippen LogP contribution is -1.84. The summed E-state index contributed by atoms with van der Waals surface area (Å²) < 4.78 is 4.83. The van der Waals surface area contributed by atoms with Gasteiger partial charge in [-0.3, -0.25) is 0 Å². The minimum absolute atomic E-state index is 0.153. The normalized spacial score (nSPS) is 6.89. The molecule has 0 aliphatic heterocycles. The first-order valence-corrected chi connectivity index (χ1v) is 2.95. The largest absolute Gasteiger partial charge is 0.384 e. The van der Waals surface area contributed by atoms with Gasteiger partial charge in [0.25, 0.3) is 0 Å². The third-order valence-electron chi connectivity index (χ3n) is 0.500. The highest BCUT2D eigenvalue weighted by molar-refractivity contribution is 4.81. The van der Waals surface area contributed by atoms with Crippen LogP contribution >= 0.6 is 0 Å². The molecule has 0 spiro atoms. The van der Waals surface area contributed by atoms with Crippen LogP contribution in [-0.2, 0) is 4.74 Å². The van der Waals surface area contributed by atoms with Gasteiger partial charge in [0.1, 0.15) is 6.61 Å². The second kappa shape index (κ2) is 15.6. The third kappa shape index (κ3) is 36.5. The average molecular weight is 130 g/mol. The second-order valence-corrected chi connectivity index (χ2v) is 1.14. The average Bonchev–Trinajstić information content (AvgIpc) is 1.91. The van der Waals surface area contributed by atoms with Crippen LogP contribution in [0, 0.1) is 12.3 Å². The number of rotatable bonds is 2. The molecule has 9 heavy (non-hydrogen) atoms. The molecular weight excluding hydrogens is 116 g/mol. The maximum atomic E-state index is 7.64. The van der Waals surface area contributed by atoms with Gasteiger partial charge in [0.15, 0.2) is 0 Å². The summed E-state index contributed by atoms with van der Waals surface area (Å²) in [5, 5.41) is 7.64. The summed E-state index contributed by atoms with van der Waals surface area (Å²) in [6, 6.07) is 0. The summed E-state index contributed by atoms with van der Waals surface area (Å²) in [5.74, 6) is 1.99. The first-order valence-electron chi connectivity index (χ1n) is 2.95. The summed E-state index contributed by atoms with van der Waals surface area (Å²) in [4.78, 5) is 0. The molecule has 0 unspecified atom stereocenters. The zero-order chi connectivity index (χ0) is 7.54. The smallest absolute Gasteiger partial charge is 0.103 e. The Balaban J connectivity index is 0. The number of aliphatic hydroxyl groups is 1. The van der Waals surface area contributed by atoms with E-state index < -0.39 is 0 Å². The summed E-state index contributed by atoms with van der Waals surface area (Å²) in [6.45, 7) is 5.51. The molecule has 0 bridgehead atoms. The third-order valence-corrected chi connectivity index (χ3v) is 0.500. The van der Waals surface area contributed by atoms with Crippen molar-refractivity contribution in [1.82, 2.24) is 0 Å². The number of ether oxygens (including phenoxy) is 1. The van der Waals surface area contributed by atoms with Crippen molar-refractivity contribution < 1.29 is 9.84 Å². The van der Waals surface area contributed by atoms with Crippen molar-refractivity contribution in [2.75, 3.05) is 19.8 Å². The Morgan fingerprint density at radius 1 is 1.44 bits per heavy atom. The van der Waals surface area contributed by atoms with E-state index in [1.54, 1.807) is 0 Å². The summed E-state index contributed by atoms with van der Waals surface area (Å²) in [6.07, 6.45) is 4.53. The first kappa shape index (κ1) is 11.3. The van der Waals surface area contributed by atoms with E-state index in [1.807, 2.05) is 19.8 Å². The van der Waals surface area contributed by atoms with Crippen molar-refractivity contribution in [1.29, 1.82) is 0 Å². The van der Waals surface area contributed by atoms with E-state index in [1.165, 1.54) is 0 Å². The van der Waals surface area contributed by atoms with Crippen LogP contribution in [0.4, 0.5) is 0 Å². The topological polar surface area (TPSA) is 29.5 Å². The Labute approximate surface area is 56.8 Å². The van der Waals surface area contributed by atoms with Gasteiger partial charge in [0, 0.05) is 13.2 Å². The van der Waals surface area contributed by atoms with Gasteiger partial charge in [-0.15, -0.1) is 6.42 Å². The predicted octanol–water partition coefficient (Wildman–Crippen LogP) is 0.655. The number of hydrogen-bond donors (Lipinski definition) is 1. The van der Waals surface area contributed by atoms with Gasteiger partial charge >= 0.3 is 0 Å². The van der Waals surface area contributed by atoms with E-state index in [4.69, 9.17) is 9.84 Å². The predicted molar refractivity (Wildman–Crippen MR) is 38.1 cm³/mol. The molecule has 0 radical (unpaired) electrons. The maximum Gasteiger partial charge on any atom is 0.103 e. The standard InChI is InChI=1S/C4H10O.C3H4O/c1-3-5-4-2;1-2-3-4/h3-4H2,1-2H3;1,4H,3H2. The van der Waals surface area contributed by atoms with Gasteiger partial charge in [-0.05, 0) is 13.8 Å². The van der Waals surface area contributed by atoms with Crippen LogP contribution in [0.5, 0.6) is 0 Å². The van der Waals surface area contributed by atoms with Gasteiger partial charge in [0.2, 0.25) is 0 Å². The lowest BCUT2D eigenvalue weighted by Gasteiger charge is -1.86. The van der Waals surface area contributed by atoms with Crippen molar-refractivity contribution in [3.05, 3.63) is 0 Å². The minimum atomic E-state index is -0.153. The van der Waals surface area contributed by atoms with E-state index in [-0.39, 0.29) is 6.61 Å². The molecule has 0 aromatic rings. The Kier molecular flexibility index (Phi) is 19.6. The zero-order valence-electron chi connectivity index (χ0n) is 6.05. The van der Waals surface area contributed by atoms with Crippen molar-refractivity contribution >= 4 is 0 Å². The van der Waals surface area contributed by atoms with Crippen LogP contribution < -0.4 is 0 Å². The van der Waals surface area contributed by atoms with E-state index in [2.05, 4.69) is 6.42 Å². The summed E-state index contributed by atoms with van der Waals surface area (Å²) in [7, 11) is 0. The van der Waals surface area contributed by atoms with Crippen molar-refractivity contribution in [2.24, 2.45) is 0 Å². The Bertz CT molecular complexity index is 61.8. The molecule has 54 valence electrons. The molecule has 0 saturated carbocycles. The highest BCUT2D eigenvalue weighted by atomic mass is 16.5. The van der Waals surface area contributed by atoms with E-state index in [0.29, 0.717) is 0 Å². The maximum absolute atomic E-state index is 7.64. The molecule has 0 aliphatic rings. The lowest BCUT2D eigenvalue weighted by atomic mass is 10.8. The molecule has 0 aromatic heterocycles. The highest BCUT2D eigenvalue weighted by Gasteiger charge is 1.64. The van der Waals surface area contributed by atoms with E-state index in [9.17, 15) is 0 Å². The molecular formula is C7H14O2. The fraction of sp³-hybridized carbons (Fsp3) is 0.714. The Hall–Kier alpha value is -0.520. The van der Waals surface area contributed by atoms with E-state index in [0.717, 1.165) is 13.2 Å². The van der Waals surface area contributed by atoms with Crippen LogP contribution in [0.2, 0.25) is 0 Å². The van der Waals surface area contributed by atoms with Gasteiger partial charge < -0.3 is 9.84 Å². The fourth-order valence-electron chi connectivity index (χ4n) is 0.204. The molecule has 1 N–H and O–H groups in total. The number of terminal acetylenes is 1. The molecule has 0 heterocycles. The molecule has 0 rings (SSSR count). The SMILES string of the molecule is C#CCO.CCOCC. The molecule has 2 nitrogen and oxygen atoms in total. The van der Waals surface area contributed by atoms with E-state index >= 15 is 0 Å².